The molecule has 0 fully saturated rings. The molecule has 11 aromatic rings. The minimum absolute atomic E-state index is 1.22. The van der Waals surface area contributed by atoms with Gasteiger partial charge >= 0.3 is 0 Å². The van der Waals surface area contributed by atoms with Crippen molar-refractivity contribution in [3.63, 3.8) is 0 Å². The first kappa shape index (κ1) is 30.6. The first-order chi connectivity index (χ1) is 26.8. The van der Waals surface area contributed by atoms with Gasteiger partial charge in [-0.05, 0) is 133 Å². The molecule has 0 aliphatic heterocycles. The molecule has 54 heavy (non-hydrogen) atoms. The molecular formula is C54H34. The summed E-state index contributed by atoms with van der Waals surface area (Å²) in [4.78, 5) is 0. The number of hydrogen-bond donors (Lipinski definition) is 0. The van der Waals surface area contributed by atoms with Crippen molar-refractivity contribution in [3.8, 4) is 44.5 Å². The second kappa shape index (κ2) is 12.3. The van der Waals surface area contributed by atoms with Crippen LogP contribution in [-0.4, -0.2) is 0 Å². The Morgan fingerprint density at radius 1 is 0.185 bits per heavy atom. The molecule has 0 amide bonds. The van der Waals surface area contributed by atoms with Crippen LogP contribution < -0.4 is 0 Å². The molecule has 0 nitrogen and oxygen atoms in total. The molecule has 0 radical (unpaired) electrons. The summed E-state index contributed by atoms with van der Waals surface area (Å²) in [7, 11) is 0. The van der Waals surface area contributed by atoms with Crippen molar-refractivity contribution >= 4 is 64.6 Å². The van der Waals surface area contributed by atoms with E-state index < -0.39 is 0 Å². The zero-order valence-corrected chi connectivity index (χ0v) is 29.6. The Labute approximate surface area is 314 Å². The Morgan fingerprint density at radius 3 is 1.41 bits per heavy atom. The third-order valence-electron chi connectivity index (χ3n) is 11.4. The molecule has 0 bridgehead atoms. The standard InChI is InChI=1S/C54H34/c1-3-13-35(14-4-1)40-28-30-49-52(33-40)53(37-16-5-2-6-17-37)47-21-11-12-22-48(47)54(49)42-26-24-38-31-41(25-23-39(38)32-42)50-34-51-43-18-8-7-15-36(43)27-29-46(51)44-19-9-10-20-45(44)50/h1-34H. The topological polar surface area (TPSA) is 0 Å². The summed E-state index contributed by atoms with van der Waals surface area (Å²) < 4.78 is 0. The third-order valence-corrected chi connectivity index (χ3v) is 11.4. The summed E-state index contributed by atoms with van der Waals surface area (Å²) in [5.74, 6) is 0. The minimum Gasteiger partial charge on any atom is -0.0622 e. The number of rotatable bonds is 4. The van der Waals surface area contributed by atoms with E-state index in [4.69, 9.17) is 0 Å². The first-order valence-corrected chi connectivity index (χ1v) is 18.8. The quantitative estimate of drug-likeness (QED) is 0.128. The van der Waals surface area contributed by atoms with Gasteiger partial charge in [0.15, 0.2) is 0 Å². The summed E-state index contributed by atoms with van der Waals surface area (Å²) in [6.07, 6.45) is 0. The van der Waals surface area contributed by atoms with Crippen LogP contribution in [0, 0.1) is 0 Å². The van der Waals surface area contributed by atoms with Gasteiger partial charge in [-0.15, -0.1) is 0 Å². The van der Waals surface area contributed by atoms with Gasteiger partial charge in [0.2, 0.25) is 0 Å². The molecule has 0 aliphatic rings. The van der Waals surface area contributed by atoms with Crippen LogP contribution in [0.5, 0.6) is 0 Å². The maximum absolute atomic E-state index is 2.41. The molecule has 11 aromatic carbocycles. The number of fused-ring (bicyclic) bond motifs is 8. The Morgan fingerprint density at radius 2 is 0.667 bits per heavy atom. The van der Waals surface area contributed by atoms with Crippen LogP contribution in [0.25, 0.3) is 109 Å². The van der Waals surface area contributed by atoms with Gasteiger partial charge in [-0.1, -0.05) is 182 Å². The monoisotopic (exact) mass is 682 g/mol. The van der Waals surface area contributed by atoms with E-state index in [1.54, 1.807) is 0 Å². The molecule has 0 N–H and O–H groups in total. The second-order valence-corrected chi connectivity index (χ2v) is 14.4. The smallest absolute Gasteiger partial charge is 0.00261 e. The second-order valence-electron chi connectivity index (χ2n) is 14.4. The average molecular weight is 683 g/mol. The van der Waals surface area contributed by atoms with Crippen molar-refractivity contribution in [2.24, 2.45) is 0 Å². The fourth-order valence-corrected chi connectivity index (χ4v) is 8.88. The molecule has 0 heterocycles. The van der Waals surface area contributed by atoms with Gasteiger partial charge in [-0.2, -0.15) is 0 Å². The predicted octanol–water partition coefficient (Wildman–Crippen LogP) is 15.3. The highest BCUT2D eigenvalue weighted by Gasteiger charge is 2.18. The summed E-state index contributed by atoms with van der Waals surface area (Å²) in [6, 6.07) is 76.1. The minimum atomic E-state index is 1.22. The summed E-state index contributed by atoms with van der Waals surface area (Å²) >= 11 is 0. The first-order valence-electron chi connectivity index (χ1n) is 18.8. The Bertz CT molecular complexity index is 3240. The van der Waals surface area contributed by atoms with Crippen LogP contribution in [0.3, 0.4) is 0 Å². The van der Waals surface area contributed by atoms with Crippen molar-refractivity contribution < 1.29 is 0 Å². The molecule has 0 saturated heterocycles. The molecule has 0 saturated carbocycles. The van der Waals surface area contributed by atoms with E-state index in [1.807, 2.05) is 0 Å². The molecule has 0 aromatic heterocycles. The molecule has 11 rings (SSSR count). The lowest BCUT2D eigenvalue weighted by atomic mass is 9.84. The fourth-order valence-electron chi connectivity index (χ4n) is 8.88. The van der Waals surface area contributed by atoms with Crippen molar-refractivity contribution in [1.29, 1.82) is 0 Å². The van der Waals surface area contributed by atoms with Crippen LogP contribution in [0.2, 0.25) is 0 Å². The van der Waals surface area contributed by atoms with Gasteiger partial charge in [0.1, 0.15) is 0 Å². The van der Waals surface area contributed by atoms with Crippen LogP contribution in [0.15, 0.2) is 206 Å². The molecular weight excluding hydrogens is 649 g/mol. The zero-order valence-electron chi connectivity index (χ0n) is 29.6. The summed E-state index contributed by atoms with van der Waals surface area (Å²) in [5.41, 5.74) is 9.97. The highest BCUT2D eigenvalue weighted by Crippen LogP contribution is 2.46. The van der Waals surface area contributed by atoms with Gasteiger partial charge in [0, 0.05) is 0 Å². The highest BCUT2D eigenvalue weighted by atomic mass is 14.2. The van der Waals surface area contributed by atoms with Crippen molar-refractivity contribution in [2.75, 3.05) is 0 Å². The maximum Gasteiger partial charge on any atom is -0.00261 e. The number of hydrogen-bond acceptors (Lipinski definition) is 0. The lowest BCUT2D eigenvalue weighted by molar-refractivity contribution is 1.63. The van der Waals surface area contributed by atoms with E-state index in [1.165, 1.54) is 109 Å². The molecule has 0 atom stereocenters. The van der Waals surface area contributed by atoms with Crippen molar-refractivity contribution in [3.05, 3.63) is 206 Å². The molecule has 0 aliphatic carbocycles. The van der Waals surface area contributed by atoms with Gasteiger partial charge < -0.3 is 0 Å². The van der Waals surface area contributed by atoms with E-state index in [9.17, 15) is 0 Å². The van der Waals surface area contributed by atoms with Crippen molar-refractivity contribution in [2.45, 2.75) is 0 Å². The lowest BCUT2D eigenvalue weighted by Gasteiger charge is -2.19. The van der Waals surface area contributed by atoms with E-state index in [0.717, 1.165) is 0 Å². The van der Waals surface area contributed by atoms with Crippen LogP contribution in [0.4, 0.5) is 0 Å². The normalized spacial score (nSPS) is 11.7. The van der Waals surface area contributed by atoms with Crippen LogP contribution in [0.1, 0.15) is 0 Å². The fraction of sp³-hybridized carbons (Fsp3) is 0. The van der Waals surface area contributed by atoms with E-state index in [-0.39, 0.29) is 0 Å². The molecule has 250 valence electrons. The van der Waals surface area contributed by atoms with Crippen molar-refractivity contribution in [1.82, 2.24) is 0 Å². The van der Waals surface area contributed by atoms with E-state index in [0.29, 0.717) is 0 Å². The van der Waals surface area contributed by atoms with E-state index >= 15 is 0 Å². The number of benzene rings is 11. The Kier molecular flexibility index (Phi) is 6.97. The van der Waals surface area contributed by atoms with Gasteiger partial charge in [0.25, 0.3) is 0 Å². The van der Waals surface area contributed by atoms with Gasteiger partial charge in [-0.3, -0.25) is 0 Å². The maximum atomic E-state index is 2.41. The zero-order chi connectivity index (χ0) is 35.6. The van der Waals surface area contributed by atoms with Crippen LogP contribution >= 0.6 is 0 Å². The van der Waals surface area contributed by atoms with Gasteiger partial charge in [0.05, 0.1) is 0 Å². The van der Waals surface area contributed by atoms with Crippen LogP contribution in [-0.2, 0) is 0 Å². The third kappa shape index (κ3) is 4.85. The van der Waals surface area contributed by atoms with E-state index in [2.05, 4.69) is 206 Å². The summed E-state index contributed by atoms with van der Waals surface area (Å²) in [6.45, 7) is 0. The molecule has 0 unspecified atom stereocenters. The SMILES string of the molecule is c1ccc(-c2ccc3c(-c4ccc5cc(-c6cc7c8ccccc8ccc7c7ccccc67)ccc5c4)c4ccccc4c(-c4ccccc4)c3c2)cc1. The molecule has 0 heteroatoms. The molecule has 0 spiro atoms. The summed E-state index contributed by atoms with van der Waals surface area (Å²) in [5, 5.41) is 15.3. The Balaban J connectivity index is 1.12. The highest BCUT2D eigenvalue weighted by molar-refractivity contribution is 6.23. The Hall–Kier alpha value is -7.02. The predicted molar refractivity (Wildman–Crippen MR) is 233 cm³/mol. The van der Waals surface area contributed by atoms with Gasteiger partial charge in [-0.25, -0.2) is 0 Å². The largest absolute Gasteiger partial charge is 0.0622 e. The lowest BCUT2D eigenvalue weighted by Crippen LogP contribution is -1.92. The average Bonchev–Trinajstić information content (AvgIpc) is 3.25.